The molecule has 1 unspecified atom stereocenters. The molecule has 2 N–H and O–H groups in total. The number of amides is 2. The number of hydrogen-bond acceptors (Lipinski definition) is 4. The lowest BCUT2D eigenvalue weighted by atomic mass is 10.00. The highest BCUT2D eigenvalue weighted by molar-refractivity contribution is 5.90. The van der Waals surface area contributed by atoms with Gasteiger partial charge in [0.15, 0.2) is 5.79 Å². The minimum atomic E-state index is -0.617. The second-order valence-corrected chi connectivity index (χ2v) is 8.63. The summed E-state index contributed by atoms with van der Waals surface area (Å²) in [5, 5.41) is 4.43. The van der Waals surface area contributed by atoms with Gasteiger partial charge in [0.2, 0.25) is 0 Å². The van der Waals surface area contributed by atoms with Gasteiger partial charge in [0.1, 0.15) is 0 Å². The number of nitrogens with one attached hydrogen (secondary N) is 2. The number of aromatic nitrogens is 1. The lowest BCUT2D eigenvalue weighted by Crippen LogP contribution is -2.47. The highest BCUT2D eigenvalue weighted by Gasteiger charge is 2.32. The van der Waals surface area contributed by atoms with Crippen LogP contribution < -0.4 is 10.9 Å². The molecule has 1 atom stereocenters. The third kappa shape index (κ3) is 4.84. The lowest BCUT2D eigenvalue weighted by molar-refractivity contribution is -0.263. The smallest absolute Gasteiger partial charge is 0.322 e. The van der Waals surface area contributed by atoms with Crippen molar-refractivity contribution in [3.63, 3.8) is 0 Å². The molecule has 2 amide bonds. The maximum absolute atomic E-state index is 13.4. The first-order chi connectivity index (χ1) is 15.3. The number of nitrogens with zero attached hydrogens (tertiary/aromatic N) is 1. The van der Waals surface area contributed by atoms with Crippen molar-refractivity contribution in [1.82, 2.24) is 9.88 Å². The number of hydrogen-bond donors (Lipinski definition) is 2. The minimum Gasteiger partial charge on any atom is -0.350 e. The summed E-state index contributed by atoms with van der Waals surface area (Å²) >= 11 is 0. The number of rotatable bonds is 5. The van der Waals surface area contributed by atoms with Crippen LogP contribution in [-0.2, 0) is 9.47 Å². The highest BCUT2D eigenvalue weighted by atomic mass is 16.7. The molecule has 0 spiro atoms. The lowest BCUT2D eigenvalue weighted by Gasteiger charge is -2.38. The molecule has 0 aliphatic carbocycles. The Balaban J connectivity index is 1.64. The zero-order valence-electron chi connectivity index (χ0n) is 18.6. The Morgan fingerprint density at radius 3 is 2.41 bits per heavy atom. The van der Waals surface area contributed by atoms with Crippen LogP contribution in [0.25, 0.3) is 10.8 Å². The molecule has 168 valence electrons. The second-order valence-electron chi connectivity index (χ2n) is 8.63. The van der Waals surface area contributed by atoms with Crippen molar-refractivity contribution < 1.29 is 14.3 Å². The first-order valence-electron chi connectivity index (χ1n) is 10.8. The van der Waals surface area contributed by atoms with Gasteiger partial charge in [-0.1, -0.05) is 36.4 Å². The van der Waals surface area contributed by atoms with Crippen molar-refractivity contribution in [2.24, 2.45) is 5.92 Å². The molecule has 2 aromatic carbocycles. The molecule has 0 bridgehead atoms. The minimum absolute atomic E-state index is 0.0287. The van der Waals surface area contributed by atoms with Crippen molar-refractivity contribution in [2.45, 2.75) is 32.6 Å². The fourth-order valence-corrected chi connectivity index (χ4v) is 3.99. The fourth-order valence-electron chi connectivity index (χ4n) is 3.99. The van der Waals surface area contributed by atoms with E-state index in [1.54, 1.807) is 17.2 Å². The summed E-state index contributed by atoms with van der Waals surface area (Å²) in [6.07, 6.45) is 1.70. The van der Waals surface area contributed by atoms with Gasteiger partial charge in [0.25, 0.3) is 5.56 Å². The van der Waals surface area contributed by atoms with Gasteiger partial charge < -0.3 is 24.7 Å². The zero-order valence-corrected chi connectivity index (χ0v) is 18.6. The van der Waals surface area contributed by atoms with Gasteiger partial charge in [-0.15, -0.1) is 0 Å². The number of fused-ring (bicyclic) bond motifs is 1. The monoisotopic (exact) mass is 435 g/mol. The maximum Gasteiger partial charge on any atom is 0.322 e. The van der Waals surface area contributed by atoms with Crippen LogP contribution in [0.1, 0.15) is 32.4 Å². The number of ether oxygens (including phenoxy) is 2. The molecule has 7 nitrogen and oxygen atoms in total. The fraction of sp³-hybridized carbons (Fsp3) is 0.360. The number of pyridine rings is 1. The van der Waals surface area contributed by atoms with Crippen molar-refractivity contribution >= 4 is 22.5 Å². The molecule has 3 aromatic rings. The van der Waals surface area contributed by atoms with Crippen LogP contribution in [-0.4, -0.2) is 41.5 Å². The van der Waals surface area contributed by atoms with Gasteiger partial charge >= 0.3 is 6.03 Å². The molecule has 1 aliphatic rings. The summed E-state index contributed by atoms with van der Waals surface area (Å²) in [5.74, 6) is -0.588. The van der Waals surface area contributed by atoms with Gasteiger partial charge in [-0.3, -0.25) is 4.79 Å². The summed E-state index contributed by atoms with van der Waals surface area (Å²) in [5.41, 5.74) is 1.45. The summed E-state index contributed by atoms with van der Waals surface area (Å²) in [7, 11) is 0. The number of para-hydroxylation sites is 1. The average Bonchev–Trinajstić information content (AvgIpc) is 2.79. The van der Waals surface area contributed by atoms with Crippen molar-refractivity contribution in [3.05, 3.63) is 76.7 Å². The SMILES string of the molecule is CC(c1c[nH]c(=O)c2ccccc12)N(CC1COC(C)(C)OC1)C(=O)Nc1ccccc1. The van der Waals surface area contributed by atoms with Crippen molar-refractivity contribution in [1.29, 1.82) is 0 Å². The summed E-state index contributed by atoms with van der Waals surface area (Å²) in [4.78, 5) is 30.3. The molecule has 1 saturated heterocycles. The average molecular weight is 436 g/mol. The Kier molecular flexibility index (Phi) is 6.30. The number of aromatic amines is 1. The van der Waals surface area contributed by atoms with Crippen LogP contribution in [0.5, 0.6) is 0 Å². The maximum atomic E-state index is 13.4. The van der Waals surface area contributed by atoms with E-state index in [4.69, 9.17) is 9.47 Å². The molecular weight excluding hydrogens is 406 g/mol. The highest BCUT2D eigenvalue weighted by Crippen LogP contribution is 2.29. The quantitative estimate of drug-likeness (QED) is 0.617. The van der Waals surface area contributed by atoms with E-state index in [-0.39, 0.29) is 23.6 Å². The number of benzene rings is 2. The molecule has 1 aromatic heterocycles. The summed E-state index contributed by atoms with van der Waals surface area (Å²) in [6, 6.07) is 16.3. The van der Waals surface area contributed by atoms with E-state index in [0.717, 1.165) is 16.6 Å². The predicted octanol–water partition coefficient (Wildman–Crippen LogP) is 4.52. The number of H-pyrrole nitrogens is 1. The molecule has 7 heteroatoms. The summed E-state index contributed by atoms with van der Waals surface area (Å²) in [6.45, 7) is 7.20. The van der Waals surface area contributed by atoms with Crippen LogP contribution in [0, 0.1) is 5.92 Å². The van der Waals surface area contributed by atoms with Gasteiger partial charge in [-0.05, 0) is 49.9 Å². The Bertz CT molecular complexity index is 1130. The molecular formula is C25H29N3O4. The molecule has 2 heterocycles. The van der Waals surface area contributed by atoms with Crippen LogP contribution in [0.15, 0.2) is 65.6 Å². The van der Waals surface area contributed by atoms with Gasteiger partial charge in [-0.25, -0.2) is 4.79 Å². The van der Waals surface area contributed by atoms with E-state index >= 15 is 0 Å². The first-order valence-corrected chi connectivity index (χ1v) is 10.8. The molecule has 32 heavy (non-hydrogen) atoms. The standard InChI is InChI=1S/C25H29N3O4/c1-17(22-13-26-23(29)21-12-8-7-11-20(21)22)28(14-18-15-31-25(2,3)32-16-18)24(30)27-19-9-5-4-6-10-19/h4-13,17-18H,14-16H2,1-3H3,(H,26,29)(H,27,30). The third-order valence-corrected chi connectivity index (χ3v) is 5.83. The Morgan fingerprint density at radius 1 is 1.09 bits per heavy atom. The van der Waals surface area contributed by atoms with E-state index < -0.39 is 5.79 Å². The number of anilines is 1. The molecule has 0 saturated carbocycles. The van der Waals surface area contributed by atoms with Crippen LogP contribution in [0.3, 0.4) is 0 Å². The van der Waals surface area contributed by atoms with Crippen molar-refractivity contribution in [3.8, 4) is 0 Å². The largest absolute Gasteiger partial charge is 0.350 e. The van der Waals surface area contributed by atoms with Gasteiger partial charge in [0, 0.05) is 29.7 Å². The zero-order chi connectivity index (χ0) is 22.7. The van der Waals surface area contributed by atoms with E-state index in [0.29, 0.717) is 25.1 Å². The Hall–Kier alpha value is -3.16. The first kappa shape index (κ1) is 22.0. The third-order valence-electron chi connectivity index (χ3n) is 5.83. The van der Waals surface area contributed by atoms with E-state index in [1.807, 2.05) is 69.3 Å². The van der Waals surface area contributed by atoms with Crippen molar-refractivity contribution in [2.75, 3.05) is 25.1 Å². The Morgan fingerprint density at radius 2 is 1.72 bits per heavy atom. The normalized spacial score (nSPS) is 17.1. The molecule has 1 aliphatic heterocycles. The van der Waals surface area contributed by atoms with Crippen LogP contribution in [0.4, 0.5) is 10.5 Å². The van der Waals surface area contributed by atoms with Crippen LogP contribution >= 0.6 is 0 Å². The number of carbonyl (C=O) groups excluding carboxylic acids is 1. The van der Waals surface area contributed by atoms with Gasteiger partial charge in [-0.2, -0.15) is 0 Å². The Labute approximate surface area is 187 Å². The molecule has 0 radical (unpaired) electrons. The van der Waals surface area contributed by atoms with Crippen LogP contribution in [0.2, 0.25) is 0 Å². The number of carbonyl (C=O) groups is 1. The molecule has 4 rings (SSSR count). The van der Waals surface area contributed by atoms with Gasteiger partial charge in [0.05, 0.1) is 19.3 Å². The molecule has 1 fully saturated rings. The summed E-state index contributed by atoms with van der Waals surface area (Å²) < 4.78 is 11.6. The predicted molar refractivity (Wildman–Crippen MR) is 125 cm³/mol. The van der Waals surface area contributed by atoms with E-state index in [9.17, 15) is 9.59 Å². The number of urea groups is 1. The van der Waals surface area contributed by atoms with E-state index in [2.05, 4.69) is 10.3 Å². The second kappa shape index (κ2) is 9.14. The topological polar surface area (TPSA) is 83.7 Å². The van der Waals surface area contributed by atoms with E-state index in [1.165, 1.54) is 0 Å².